The molecule has 1 atom stereocenters. The van der Waals surface area contributed by atoms with Gasteiger partial charge in [-0.2, -0.15) is 0 Å². The molecule has 0 amide bonds. The van der Waals surface area contributed by atoms with Gasteiger partial charge in [0.25, 0.3) is 0 Å². The molecule has 0 saturated heterocycles. The molecule has 1 nitrogen and oxygen atoms in total. The molecule has 0 heterocycles. The topological polar surface area (TPSA) is 17.1 Å². The Morgan fingerprint density at radius 2 is 2.09 bits per heavy atom. The van der Waals surface area contributed by atoms with Crippen molar-refractivity contribution in [3.05, 3.63) is 12.2 Å². The minimum Gasteiger partial charge on any atom is -0.299 e. The van der Waals surface area contributed by atoms with Crippen molar-refractivity contribution in [1.29, 1.82) is 0 Å². The van der Waals surface area contributed by atoms with Gasteiger partial charge < -0.3 is 0 Å². The van der Waals surface area contributed by atoms with Gasteiger partial charge in [-0.3, -0.25) is 4.79 Å². The van der Waals surface area contributed by atoms with E-state index in [-0.39, 0.29) is 5.92 Å². The molecule has 0 rings (SSSR count). The van der Waals surface area contributed by atoms with Crippen LogP contribution in [-0.2, 0) is 4.79 Å². The molecular weight excluding hydrogens is 136 g/mol. The maximum atomic E-state index is 11.2. The second-order valence-electron chi connectivity index (χ2n) is 3.28. The van der Waals surface area contributed by atoms with Gasteiger partial charge in [-0.05, 0) is 19.8 Å². The Labute approximate surface area is 69.5 Å². The van der Waals surface area contributed by atoms with Crippen LogP contribution in [-0.4, -0.2) is 5.78 Å². The van der Waals surface area contributed by atoms with E-state index in [0.29, 0.717) is 12.2 Å². The first-order chi connectivity index (χ1) is 5.07. The van der Waals surface area contributed by atoms with Gasteiger partial charge in [0.05, 0.1) is 0 Å². The van der Waals surface area contributed by atoms with E-state index in [4.69, 9.17) is 0 Å². The summed E-state index contributed by atoms with van der Waals surface area (Å²) in [6, 6.07) is 0. The molecule has 0 fully saturated rings. The van der Waals surface area contributed by atoms with Crippen molar-refractivity contribution in [1.82, 2.24) is 0 Å². The third-order valence-electron chi connectivity index (χ3n) is 1.70. The lowest BCUT2D eigenvalue weighted by Crippen LogP contribution is -2.10. The Morgan fingerprint density at radius 1 is 1.55 bits per heavy atom. The predicted octanol–water partition coefficient (Wildman–Crippen LogP) is 2.96. The van der Waals surface area contributed by atoms with Crippen LogP contribution in [0, 0.1) is 5.92 Å². The molecule has 0 aliphatic rings. The van der Waals surface area contributed by atoms with E-state index in [0.717, 1.165) is 18.4 Å². The molecule has 0 spiro atoms. The zero-order valence-corrected chi connectivity index (χ0v) is 7.81. The summed E-state index contributed by atoms with van der Waals surface area (Å²) in [6.45, 7) is 9.77. The molecule has 64 valence electrons. The fraction of sp³-hybridized carbons (Fsp3) is 0.700. The highest BCUT2D eigenvalue weighted by atomic mass is 16.1. The Hall–Kier alpha value is -0.590. The van der Waals surface area contributed by atoms with E-state index in [2.05, 4.69) is 6.58 Å². The lowest BCUT2D eigenvalue weighted by molar-refractivity contribution is -0.122. The van der Waals surface area contributed by atoms with Crippen LogP contribution in [0.4, 0.5) is 0 Å². The monoisotopic (exact) mass is 154 g/mol. The quantitative estimate of drug-likeness (QED) is 0.556. The number of rotatable bonds is 5. The lowest BCUT2D eigenvalue weighted by atomic mass is 9.96. The lowest BCUT2D eigenvalue weighted by Gasteiger charge is -2.08. The van der Waals surface area contributed by atoms with Crippen LogP contribution in [0.3, 0.4) is 0 Å². The summed E-state index contributed by atoms with van der Waals surface area (Å²) in [5.74, 6) is 0.544. The number of Topliss-reactive ketones (excluding diaryl/α,β-unsaturated/α-hetero) is 1. The van der Waals surface area contributed by atoms with Crippen LogP contribution in [0.1, 0.15) is 40.0 Å². The Morgan fingerprint density at radius 3 is 2.45 bits per heavy atom. The predicted molar refractivity (Wildman–Crippen MR) is 48.5 cm³/mol. The van der Waals surface area contributed by atoms with Crippen molar-refractivity contribution in [3.8, 4) is 0 Å². The highest BCUT2D eigenvalue weighted by Crippen LogP contribution is 2.12. The highest BCUT2D eigenvalue weighted by molar-refractivity contribution is 5.80. The van der Waals surface area contributed by atoms with Crippen molar-refractivity contribution >= 4 is 5.78 Å². The molecule has 1 unspecified atom stereocenters. The highest BCUT2D eigenvalue weighted by Gasteiger charge is 2.10. The minimum atomic E-state index is 0.174. The average molecular weight is 154 g/mol. The van der Waals surface area contributed by atoms with Gasteiger partial charge in [-0.1, -0.05) is 19.4 Å². The molecular formula is C10H18O. The van der Waals surface area contributed by atoms with Gasteiger partial charge in [-0.15, -0.1) is 6.58 Å². The summed E-state index contributed by atoms with van der Waals surface area (Å²) in [4.78, 5) is 11.2. The summed E-state index contributed by atoms with van der Waals surface area (Å²) in [5, 5.41) is 0. The minimum absolute atomic E-state index is 0.174. The zero-order chi connectivity index (χ0) is 8.85. The van der Waals surface area contributed by atoms with Crippen LogP contribution >= 0.6 is 0 Å². The van der Waals surface area contributed by atoms with Crippen molar-refractivity contribution in [2.75, 3.05) is 0 Å². The molecule has 0 bridgehead atoms. The second-order valence-corrected chi connectivity index (χ2v) is 3.28. The van der Waals surface area contributed by atoms with Gasteiger partial charge in [0.1, 0.15) is 5.78 Å². The molecule has 0 aliphatic carbocycles. The molecule has 0 N–H and O–H groups in total. The van der Waals surface area contributed by atoms with E-state index in [1.807, 2.05) is 20.8 Å². The first-order valence-electron chi connectivity index (χ1n) is 4.25. The summed E-state index contributed by atoms with van der Waals surface area (Å²) < 4.78 is 0. The van der Waals surface area contributed by atoms with Crippen molar-refractivity contribution in [2.45, 2.75) is 40.0 Å². The van der Waals surface area contributed by atoms with Crippen LogP contribution in [0.15, 0.2) is 12.2 Å². The normalized spacial score (nSPS) is 12.6. The summed E-state index contributed by atoms with van der Waals surface area (Å²) in [7, 11) is 0. The Kier molecular flexibility index (Phi) is 4.84. The van der Waals surface area contributed by atoms with E-state index < -0.39 is 0 Å². The SMILES string of the molecule is C=C(C)CC(C)C(=O)CCC. The Bertz CT molecular complexity index is 147. The smallest absolute Gasteiger partial charge is 0.136 e. The first-order valence-corrected chi connectivity index (χ1v) is 4.25. The van der Waals surface area contributed by atoms with Gasteiger partial charge in [0.2, 0.25) is 0 Å². The molecule has 0 saturated carbocycles. The van der Waals surface area contributed by atoms with E-state index in [9.17, 15) is 4.79 Å². The molecule has 0 aromatic rings. The number of carbonyl (C=O) groups is 1. The number of hydrogen-bond acceptors (Lipinski definition) is 1. The van der Waals surface area contributed by atoms with Crippen LogP contribution in [0.25, 0.3) is 0 Å². The standard InChI is InChI=1S/C10H18O/c1-5-6-10(11)9(4)7-8(2)3/h9H,2,5-7H2,1,3-4H3. The third-order valence-corrected chi connectivity index (χ3v) is 1.70. The molecule has 0 aliphatic heterocycles. The third kappa shape index (κ3) is 4.77. The largest absolute Gasteiger partial charge is 0.299 e. The number of allylic oxidation sites excluding steroid dienone is 1. The fourth-order valence-corrected chi connectivity index (χ4v) is 1.13. The van der Waals surface area contributed by atoms with Crippen LogP contribution < -0.4 is 0 Å². The van der Waals surface area contributed by atoms with Crippen LogP contribution in [0.5, 0.6) is 0 Å². The van der Waals surface area contributed by atoms with E-state index in [1.54, 1.807) is 0 Å². The Balaban J connectivity index is 3.73. The van der Waals surface area contributed by atoms with Gasteiger partial charge in [-0.25, -0.2) is 0 Å². The second kappa shape index (κ2) is 5.11. The van der Waals surface area contributed by atoms with Gasteiger partial charge in [0.15, 0.2) is 0 Å². The van der Waals surface area contributed by atoms with Crippen molar-refractivity contribution in [3.63, 3.8) is 0 Å². The molecule has 0 aromatic heterocycles. The first kappa shape index (κ1) is 10.4. The zero-order valence-electron chi connectivity index (χ0n) is 7.81. The van der Waals surface area contributed by atoms with Gasteiger partial charge in [0, 0.05) is 12.3 Å². The summed E-state index contributed by atoms with van der Waals surface area (Å²) >= 11 is 0. The number of hydrogen-bond donors (Lipinski definition) is 0. The van der Waals surface area contributed by atoms with Gasteiger partial charge >= 0.3 is 0 Å². The summed E-state index contributed by atoms with van der Waals surface area (Å²) in [6.07, 6.45) is 2.52. The molecule has 0 radical (unpaired) electrons. The maximum Gasteiger partial charge on any atom is 0.136 e. The van der Waals surface area contributed by atoms with E-state index in [1.165, 1.54) is 0 Å². The number of ketones is 1. The van der Waals surface area contributed by atoms with E-state index >= 15 is 0 Å². The molecule has 1 heteroatoms. The average Bonchev–Trinajstić information content (AvgIpc) is 1.86. The van der Waals surface area contributed by atoms with Crippen molar-refractivity contribution in [2.24, 2.45) is 5.92 Å². The molecule has 11 heavy (non-hydrogen) atoms. The molecule has 0 aromatic carbocycles. The summed E-state index contributed by atoms with van der Waals surface area (Å²) in [5.41, 5.74) is 1.10. The maximum absolute atomic E-state index is 11.2. The number of carbonyl (C=O) groups excluding carboxylic acids is 1. The van der Waals surface area contributed by atoms with Crippen LogP contribution in [0.2, 0.25) is 0 Å². The fourth-order valence-electron chi connectivity index (χ4n) is 1.13. The van der Waals surface area contributed by atoms with Crippen molar-refractivity contribution < 1.29 is 4.79 Å².